The highest BCUT2D eigenvalue weighted by atomic mass is 35.5. The molecule has 1 unspecified atom stereocenters. The van der Waals surface area contributed by atoms with Gasteiger partial charge in [0.25, 0.3) is 5.91 Å². The Kier molecular flexibility index (Phi) is 4.87. The second-order valence-electron chi connectivity index (χ2n) is 6.71. The lowest BCUT2D eigenvalue weighted by Crippen LogP contribution is -2.13. The Hall–Kier alpha value is -2.43. The zero-order valence-corrected chi connectivity index (χ0v) is 15.1. The first-order valence-electron chi connectivity index (χ1n) is 8.85. The van der Waals surface area contributed by atoms with Crippen LogP contribution in [-0.2, 0) is 6.42 Å². The lowest BCUT2D eigenvalue weighted by molar-refractivity contribution is 0.102. The first-order valence-corrected chi connectivity index (χ1v) is 9.23. The van der Waals surface area contributed by atoms with E-state index < -0.39 is 0 Å². The van der Waals surface area contributed by atoms with Crippen LogP contribution in [-0.4, -0.2) is 24.0 Å². The Morgan fingerprint density at radius 2 is 2.04 bits per heavy atom. The van der Waals surface area contributed by atoms with Gasteiger partial charge in [0.2, 0.25) is 0 Å². The van der Waals surface area contributed by atoms with Crippen LogP contribution in [0.15, 0.2) is 54.7 Å². The highest BCUT2D eigenvalue weighted by Crippen LogP contribution is 2.28. The number of carbonyl (C=O) groups excluding carboxylic acids is 1. The molecule has 132 valence electrons. The molecule has 5 heteroatoms. The summed E-state index contributed by atoms with van der Waals surface area (Å²) in [6.07, 6.45) is 3.97. The molecule has 2 N–H and O–H groups in total. The van der Waals surface area contributed by atoms with Gasteiger partial charge in [-0.2, -0.15) is 0 Å². The summed E-state index contributed by atoms with van der Waals surface area (Å²) in [6.45, 7) is 2.19. The molecule has 4 nitrogen and oxygen atoms in total. The summed E-state index contributed by atoms with van der Waals surface area (Å²) < 4.78 is 0. The van der Waals surface area contributed by atoms with Crippen molar-refractivity contribution in [1.82, 2.24) is 10.3 Å². The van der Waals surface area contributed by atoms with E-state index in [-0.39, 0.29) is 5.91 Å². The molecule has 26 heavy (non-hydrogen) atoms. The number of halogens is 1. The van der Waals surface area contributed by atoms with Crippen LogP contribution in [0.1, 0.15) is 22.3 Å². The number of carbonyl (C=O) groups is 1. The standard InChI is InChI=1S/C21H20ClN3O/c22-18-7-8-19(17-2-1-10-24-20(17)18)25-21(26)16-5-3-14(4-6-16)12-15-9-11-23-13-15/h1-8,10,15,23H,9,11-13H2,(H,25,26). The molecule has 0 aliphatic carbocycles. The van der Waals surface area contributed by atoms with Crippen LogP contribution in [0, 0.1) is 5.92 Å². The zero-order valence-electron chi connectivity index (χ0n) is 14.3. The molecule has 3 aromatic rings. The average molecular weight is 366 g/mol. The van der Waals surface area contributed by atoms with Gasteiger partial charge in [-0.25, -0.2) is 0 Å². The van der Waals surface area contributed by atoms with Gasteiger partial charge in [-0.1, -0.05) is 23.7 Å². The van der Waals surface area contributed by atoms with Gasteiger partial charge >= 0.3 is 0 Å². The van der Waals surface area contributed by atoms with Crippen LogP contribution < -0.4 is 10.6 Å². The van der Waals surface area contributed by atoms with Crippen molar-refractivity contribution in [2.45, 2.75) is 12.8 Å². The lowest BCUT2D eigenvalue weighted by atomic mass is 9.98. The maximum absolute atomic E-state index is 12.6. The normalized spacial score (nSPS) is 16.7. The second-order valence-corrected chi connectivity index (χ2v) is 7.12. The van der Waals surface area contributed by atoms with Crippen LogP contribution in [0.2, 0.25) is 5.02 Å². The number of nitrogens with one attached hydrogen (secondary N) is 2. The number of aromatic nitrogens is 1. The van der Waals surface area contributed by atoms with Crippen molar-refractivity contribution >= 4 is 34.1 Å². The Morgan fingerprint density at radius 3 is 2.81 bits per heavy atom. The maximum Gasteiger partial charge on any atom is 0.255 e. The first kappa shape index (κ1) is 17.0. The van der Waals surface area contributed by atoms with Crippen molar-refractivity contribution in [2.75, 3.05) is 18.4 Å². The fourth-order valence-corrected chi connectivity index (χ4v) is 3.67. The van der Waals surface area contributed by atoms with E-state index in [0.29, 0.717) is 27.7 Å². The number of anilines is 1. The van der Waals surface area contributed by atoms with E-state index in [4.69, 9.17) is 11.6 Å². The van der Waals surface area contributed by atoms with Crippen molar-refractivity contribution in [1.29, 1.82) is 0 Å². The molecule has 1 fully saturated rings. The molecule has 4 rings (SSSR count). The molecule has 1 saturated heterocycles. The number of rotatable bonds is 4. The van der Waals surface area contributed by atoms with Gasteiger partial charge in [-0.05, 0) is 73.8 Å². The lowest BCUT2D eigenvalue weighted by Gasteiger charge is -2.11. The molecule has 1 atom stereocenters. The number of pyridine rings is 1. The predicted molar refractivity (Wildman–Crippen MR) is 106 cm³/mol. The summed E-state index contributed by atoms with van der Waals surface area (Å²) in [7, 11) is 0. The third-order valence-corrected chi connectivity index (χ3v) is 5.18. The number of benzene rings is 2. The zero-order chi connectivity index (χ0) is 17.9. The molecule has 2 aromatic carbocycles. The molecule has 1 aromatic heterocycles. The van der Waals surface area contributed by atoms with Gasteiger partial charge in [0, 0.05) is 17.1 Å². The quantitative estimate of drug-likeness (QED) is 0.725. The highest BCUT2D eigenvalue weighted by molar-refractivity contribution is 6.35. The van der Waals surface area contributed by atoms with Crippen molar-refractivity contribution in [3.8, 4) is 0 Å². The third kappa shape index (κ3) is 3.57. The van der Waals surface area contributed by atoms with E-state index in [1.807, 2.05) is 30.3 Å². The summed E-state index contributed by atoms with van der Waals surface area (Å²) in [5.74, 6) is 0.564. The van der Waals surface area contributed by atoms with E-state index in [9.17, 15) is 4.79 Å². The number of hydrogen-bond acceptors (Lipinski definition) is 3. The third-order valence-electron chi connectivity index (χ3n) is 4.87. The van der Waals surface area contributed by atoms with E-state index in [1.54, 1.807) is 12.3 Å². The molecule has 1 amide bonds. The SMILES string of the molecule is O=C(Nc1ccc(Cl)c2ncccc12)c1ccc(CC2CCNC2)cc1. The number of amides is 1. The van der Waals surface area contributed by atoms with Crippen LogP contribution in [0.4, 0.5) is 5.69 Å². The fraction of sp³-hybridized carbons (Fsp3) is 0.238. The largest absolute Gasteiger partial charge is 0.321 e. The Balaban J connectivity index is 1.50. The smallest absolute Gasteiger partial charge is 0.255 e. The highest BCUT2D eigenvalue weighted by Gasteiger charge is 2.15. The molecule has 0 spiro atoms. The van der Waals surface area contributed by atoms with Crippen molar-refractivity contribution in [3.05, 3.63) is 70.9 Å². The topological polar surface area (TPSA) is 54.0 Å². The minimum absolute atomic E-state index is 0.133. The van der Waals surface area contributed by atoms with Crippen LogP contribution >= 0.6 is 11.6 Å². The molecule has 0 bridgehead atoms. The Labute approximate surface area is 157 Å². The molecule has 1 aliphatic heterocycles. The average Bonchev–Trinajstić information content (AvgIpc) is 3.18. The van der Waals surface area contributed by atoms with E-state index in [0.717, 1.165) is 24.9 Å². The maximum atomic E-state index is 12.6. The van der Waals surface area contributed by atoms with Gasteiger partial charge in [-0.15, -0.1) is 0 Å². The first-order chi connectivity index (χ1) is 12.7. The molecule has 2 heterocycles. The summed E-state index contributed by atoms with van der Waals surface area (Å²) in [6, 6.07) is 15.2. The second kappa shape index (κ2) is 7.44. The summed E-state index contributed by atoms with van der Waals surface area (Å²) >= 11 is 6.19. The summed E-state index contributed by atoms with van der Waals surface area (Å²) in [5, 5.41) is 7.77. The molecule has 0 radical (unpaired) electrons. The minimum atomic E-state index is -0.133. The van der Waals surface area contributed by atoms with Crippen LogP contribution in [0.5, 0.6) is 0 Å². The van der Waals surface area contributed by atoms with Crippen molar-refractivity contribution in [2.24, 2.45) is 5.92 Å². The van der Waals surface area contributed by atoms with Gasteiger partial charge in [0.05, 0.1) is 16.2 Å². The van der Waals surface area contributed by atoms with Gasteiger partial charge in [0.1, 0.15) is 0 Å². The van der Waals surface area contributed by atoms with Gasteiger partial charge in [-0.3, -0.25) is 9.78 Å². The number of nitrogens with zero attached hydrogens (tertiary/aromatic N) is 1. The molecule has 0 saturated carbocycles. The summed E-state index contributed by atoms with van der Waals surface area (Å²) in [4.78, 5) is 16.9. The van der Waals surface area contributed by atoms with Gasteiger partial charge in [0.15, 0.2) is 0 Å². The van der Waals surface area contributed by atoms with E-state index >= 15 is 0 Å². The minimum Gasteiger partial charge on any atom is -0.321 e. The van der Waals surface area contributed by atoms with Crippen LogP contribution in [0.3, 0.4) is 0 Å². The van der Waals surface area contributed by atoms with E-state index in [2.05, 4.69) is 27.8 Å². The van der Waals surface area contributed by atoms with Crippen molar-refractivity contribution in [3.63, 3.8) is 0 Å². The van der Waals surface area contributed by atoms with Gasteiger partial charge < -0.3 is 10.6 Å². The van der Waals surface area contributed by atoms with Crippen molar-refractivity contribution < 1.29 is 4.79 Å². The Bertz CT molecular complexity index is 934. The summed E-state index contributed by atoms with van der Waals surface area (Å²) in [5.41, 5.74) is 3.32. The van der Waals surface area contributed by atoms with Crippen LogP contribution in [0.25, 0.3) is 10.9 Å². The number of fused-ring (bicyclic) bond motifs is 1. The molecular weight excluding hydrogens is 346 g/mol. The Morgan fingerprint density at radius 1 is 1.19 bits per heavy atom. The predicted octanol–water partition coefficient (Wildman–Crippen LogP) is 4.29. The fourth-order valence-electron chi connectivity index (χ4n) is 3.46. The number of hydrogen-bond donors (Lipinski definition) is 2. The monoisotopic (exact) mass is 365 g/mol. The van der Waals surface area contributed by atoms with E-state index in [1.165, 1.54) is 12.0 Å². The molecule has 1 aliphatic rings. The molecular formula is C21H20ClN3O.